The lowest BCUT2D eigenvalue weighted by molar-refractivity contribution is 0.278. The minimum Gasteiger partial charge on any atom is -0.370 e. The number of nitrogens with zero attached hydrogens (tertiary/aromatic N) is 4. The summed E-state index contributed by atoms with van der Waals surface area (Å²) in [6.45, 7) is 9.76. The molecule has 0 saturated carbocycles. The van der Waals surface area contributed by atoms with Crippen molar-refractivity contribution in [1.29, 1.82) is 5.41 Å². The molecular formula is C14H32N6S. The first-order valence-electron chi connectivity index (χ1n) is 7.31. The molecule has 0 aromatic rings. The lowest BCUT2D eigenvalue weighted by Gasteiger charge is -2.38. The van der Waals surface area contributed by atoms with Gasteiger partial charge in [0.1, 0.15) is 0 Å². The maximum atomic E-state index is 7.59. The number of hydrogen-bond donors (Lipinski definition) is 3. The fourth-order valence-electron chi connectivity index (χ4n) is 2.18. The Morgan fingerprint density at radius 3 is 2.24 bits per heavy atom. The molecule has 0 aliphatic carbocycles. The molecule has 1 unspecified atom stereocenters. The third-order valence-corrected chi connectivity index (χ3v) is 4.03. The van der Waals surface area contributed by atoms with Gasteiger partial charge in [-0.1, -0.05) is 0 Å². The maximum absolute atomic E-state index is 7.59. The zero-order chi connectivity index (χ0) is 16.8. The summed E-state index contributed by atoms with van der Waals surface area (Å²) >= 11 is 4.59. The van der Waals surface area contributed by atoms with E-state index < -0.39 is 0 Å². The second kappa shape index (κ2) is 8.36. The lowest BCUT2D eigenvalue weighted by atomic mass is 10.2. The largest absolute Gasteiger partial charge is 0.370 e. The minimum atomic E-state index is -0.274. The van der Waals surface area contributed by atoms with Crippen molar-refractivity contribution in [2.75, 3.05) is 34.2 Å². The Balaban J connectivity index is 4.68. The van der Waals surface area contributed by atoms with Crippen molar-refractivity contribution in [3.05, 3.63) is 0 Å². The van der Waals surface area contributed by atoms with Crippen molar-refractivity contribution in [2.45, 2.75) is 45.0 Å². The minimum absolute atomic E-state index is 0.130. The Hall–Kier alpha value is -1.11. The van der Waals surface area contributed by atoms with Gasteiger partial charge in [0.25, 0.3) is 0 Å². The van der Waals surface area contributed by atoms with Crippen LogP contribution in [0, 0.1) is 5.41 Å². The molecule has 0 fully saturated rings. The van der Waals surface area contributed by atoms with Crippen LogP contribution in [0.1, 0.15) is 34.1 Å². The van der Waals surface area contributed by atoms with Gasteiger partial charge < -0.3 is 20.4 Å². The molecule has 0 rings (SSSR count). The van der Waals surface area contributed by atoms with Crippen molar-refractivity contribution in [3.8, 4) is 0 Å². The standard InChI is InChI=1S/C14H32N6S/c1-8-20(12(15)16)11(2)9-10-18(6)13(17-5)19(7)14(3,4)21/h11,21H,8-10H2,1-7H3,(H3,15,16)/b17-13-. The van der Waals surface area contributed by atoms with Crippen molar-refractivity contribution in [3.63, 3.8) is 0 Å². The van der Waals surface area contributed by atoms with Gasteiger partial charge in [-0.3, -0.25) is 10.4 Å². The second-order valence-corrected chi connectivity index (χ2v) is 6.90. The first kappa shape index (κ1) is 19.9. The Morgan fingerprint density at radius 1 is 1.38 bits per heavy atom. The normalized spacial score (nSPS) is 13.8. The summed E-state index contributed by atoms with van der Waals surface area (Å²) < 4.78 is 0. The van der Waals surface area contributed by atoms with Crippen LogP contribution in [0.2, 0.25) is 0 Å². The highest BCUT2D eigenvalue weighted by Crippen LogP contribution is 2.18. The molecule has 7 heteroatoms. The van der Waals surface area contributed by atoms with Crippen LogP contribution in [0.3, 0.4) is 0 Å². The molecule has 21 heavy (non-hydrogen) atoms. The van der Waals surface area contributed by atoms with Gasteiger partial charge in [-0.15, -0.1) is 0 Å². The average molecular weight is 317 g/mol. The van der Waals surface area contributed by atoms with Crippen LogP contribution >= 0.6 is 12.6 Å². The fourth-order valence-corrected chi connectivity index (χ4v) is 2.27. The summed E-state index contributed by atoms with van der Waals surface area (Å²) in [7, 11) is 5.80. The highest BCUT2D eigenvalue weighted by atomic mass is 32.1. The van der Waals surface area contributed by atoms with Crippen molar-refractivity contribution in [1.82, 2.24) is 14.7 Å². The molecule has 6 nitrogen and oxygen atoms in total. The number of nitrogens with two attached hydrogens (primary N) is 1. The van der Waals surface area contributed by atoms with Crippen LogP contribution in [0.5, 0.6) is 0 Å². The molecule has 3 N–H and O–H groups in total. The molecular weight excluding hydrogens is 284 g/mol. The summed E-state index contributed by atoms with van der Waals surface area (Å²) in [6, 6.07) is 0.224. The number of nitrogens with one attached hydrogen (secondary N) is 1. The first-order chi connectivity index (χ1) is 9.56. The van der Waals surface area contributed by atoms with Crippen LogP contribution in [-0.2, 0) is 0 Å². The van der Waals surface area contributed by atoms with Gasteiger partial charge in [0, 0.05) is 40.3 Å². The fraction of sp³-hybridized carbons (Fsp3) is 0.857. The van der Waals surface area contributed by atoms with Crippen LogP contribution in [0.25, 0.3) is 0 Å². The number of hydrogen-bond acceptors (Lipinski definition) is 3. The lowest BCUT2D eigenvalue weighted by Crippen LogP contribution is -2.49. The third-order valence-electron chi connectivity index (χ3n) is 3.73. The highest BCUT2D eigenvalue weighted by molar-refractivity contribution is 7.81. The molecule has 0 saturated heterocycles. The zero-order valence-corrected chi connectivity index (χ0v) is 15.4. The number of rotatable bonds is 6. The summed E-state index contributed by atoms with van der Waals surface area (Å²) in [5.41, 5.74) is 5.60. The van der Waals surface area contributed by atoms with Gasteiger partial charge in [0.05, 0.1) is 4.87 Å². The van der Waals surface area contributed by atoms with Crippen LogP contribution in [0.4, 0.5) is 0 Å². The topological polar surface area (TPSA) is 72.0 Å². The number of guanidine groups is 2. The molecule has 0 spiro atoms. The van der Waals surface area contributed by atoms with Gasteiger partial charge in [-0.25, -0.2) is 0 Å². The molecule has 0 bridgehead atoms. The molecule has 1 atom stereocenters. The highest BCUT2D eigenvalue weighted by Gasteiger charge is 2.24. The second-order valence-electron chi connectivity index (χ2n) is 5.81. The van der Waals surface area contributed by atoms with Crippen molar-refractivity contribution >= 4 is 24.5 Å². The number of aliphatic imine (C=N–C) groups is 1. The van der Waals surface area contributed by atoms with E-state index in [0.29, 0.717) is 0 Å². The predicted molar refractivity (Wildman–Crippen MR) is 95.2 cm³/mol. The molecule has 0 amide bonds. The monoisotopic (exact) mass is 316 g/mol. The summed E-state index contributed by atoms with van der Waals surface area (Å²) in [5, 5.41) is 7.59. The Kier molecular flexibility index (Phi) is 7.92. The SMILES string of the molecule is CCN(C(=N)N)C(C)CCN(C)/C(=N/C)N(C)C(C)(C)S. The average Bonchev–Trinajstić information content (AvgIpc) is 2.36. The van der Waals surface area contributed by atoms with E-state index in [1.54, 1.807) is 7.05 Å². The van der Waals surface area contributed by atoms with Crippen LogP contribution in [0.15, 0.2) is 4.99 Å². The molecule has 0 aliphatic heterocycles. The molecule has 0 aromatic carbocycles. The maximum Gasteiger partial charge on any atom is 0.196 e. The first-order valence-corrected chi connectivity index (χ1v) is 7.75. The predicted octanol–water partition coefficient (Wildman–Crippen LogP) is 1.50. The molecule has 0 aromatic heterocycles. The molecule has 124 valence electrons. The summed E-state index contributed by atoms with van der Waals surface area (Å²) in [5.74, 6) is 1.03. The van der Waals surface area contributed by atoms with Gasteiger partial charge in [-0.05, 0) is 34.1 Å². The van der Waals surface area contributed by atoms with E-state index in [-0.39, 0.29) is 16.9 Å². The molecule has 0 heterocycles. The van der Waals surface area contributed by atoms with E-state index in [2.05, 4.69) is 29.4 Å². The van der Waals surface area contributed by atoms with Gasteiger partial charge in [0.15, 0.2) is 11.9 Å². The third kappa shape index (κ3) is 6.03. The van der Waals surface area contributed by atoms with Crippen molar-refractivity contribution < 1.29 is 0 Å². The molecule has 0 radical (unpaired) electrons. The van der Waals surface area contributed by atoms with E-state index in [1.807, 2.05) is 44.7 Å². The summed E-state index contributed by atoms with van der Waals surface area (Å²) in [6.07, 6.45) is 0.907. The van der Waals surface area contributed by atoms with E-state index in [9.17, 15) is 0 Å². The Labute approximate surface area is 135 Å². The Morgan fingerprint density at radius 2 is 1.90 bits per heavy atom. The van der Waals surface area contributed by atoms with Gasteiger partial charge >= 0.3 is 0 Å². The molecule has 0 aliphatic rings. The van der Waals surface area contributed by atoms with Crippen LogP contribution in [-0.4, -0.2) is 71.8 Å². The van der Waals surface area contributed by atoms with E-state index >= 15 is 0 Å². The van der Waals surface area contributed by atoms with E-state index in [0.717, 1.165) is 25.5 Å². The quantitative estimate of drug-likeness (QED) is 0.300. The van der Waals surface area contributed by atoms with Gasteiger partial charge in [0.2, 0.25) is 0 Å². The Bertz CT molecular complexity index is 363. The van der Waals surface area contributed by atoms with Gasteiger partial charge in [-0.2, -0.15) is 12.6 Å². The number of thiol groups is 1. The van der Waals surface area contributed by atoms with E-state index in [1.165, 1.54) is 0 Å². The van der Waals surface area contributed by atoms with Crippen LogP contribution < -0.4 is 5.73 Å². The van der Waals surface area contributed by atoms with Crippen molar-refractivity contribution in [2.24, 2.45) is 10.7 Å². The summed E-state index contributed by atoms with van der Waals surface area (Å²) in [4.78, 5) is 10.1. The zero-order valence-electron chi connectivity index (χ0n) is 14.5. The van der Waals surface area contributed by atoms with E-state index in [4.69, 9.17) is 11.1 Å². The smallest absolute Gasteiger partial charge is 0.196 e.